The van der Waals surface area contributed by atoms with Crippen LogP contribution in [0.3, 0.4) is 0 Å². The lowest BCUT2D eigenvalue weighted by Crippen LogP contribution is -2.50. The Balaban J connectivity index is 4.38. The maximum atomic E-state index is 12.7. The van der Waals surface area contributed by atoms with Crippen molar-refractivity contribution in [3.05, 3.63) is 36.5 Å². The zero-order valence-corrected chi connectivity index (χ0v) is 37.1. The van der Waals surface area contributed by atoms with Gasteiger partial charge in [0.15, 0.2) is 12.1 Å². The van der Waals surface area contributed by atoms with Gasteiger partial charge >= 0.3 is 17.9 Å². The van der Waals surface area contributed by atoms with E-state index in [1.54, 1.807) is 0 Å². The fourth-order valence-corrected chi connectivity index (χ4v) is 6.66. The van der Waals surface area contributed by atoms with Crippen LogP contribution in [0.15, 0.2) is 36.5 Å². The van der Waals surface area contributed by atoms with E-state index in [9.17, 15) is 19.5 Å². The smallest absolute Gasteiger partial charge is 0.362 e. The van der Waals surface area contributed by atoms with E-state index in [4.69, 9.17) is 14.2 Å². The van der Waals surface area contributed by atoms with Crippen LogP contribution in [-0.4, -0.2) is 80.6 Å². The molecule has 0 saturated heterocycles. The van der Waals surface area contributed by atoms with Gasteiger partial charge in [-0.05, 0) is 64.2 Å². The quantitative estimate of drug-likeness (QED) is 0.0216. The zero-order chi connectivity index (χ0) is 41.4. The number of carbonyl (C=O) groups is 3. The molecular weight excluding hydrogens is 703 g/mol. The molecule has 0 aromatic heterocycles. The van der Waals surface area contributed by atoms with Gasteiger partial charge in [-0.2, -0.15) is 0 Å². The van der Waals surface area contributed by atoms with Crippen LogP contribution in [0.25, 0.3) is 0 Å². The summed E-state index contributed by atoms with van der Waals surface area (Å²) in [5, 5.41) is 9.62. The fourth-order valence-electron chi connectivity index (χ4n) is 6.66. The van der Waals surface area contributed by atoms with E-state index in [0.29, 0.717) is 19.3 Å². The molecule has 2 unspecified atom stereocenters. The molecule has 0 aliphatic rings. The van der Waals surface area contributed by atoms with Crippen LogP contribution in [0.5, 0.6) is 0 Å². The minimum atomic E-state index is -0.880. The fraction of sp³-hybridized carbons (Fsp3) is 0.812. The molecule has 326 valence electrons. The maximum absolute atomic E-state index is 12.7. The summed E-state index contributed by atoms with van der Waals surface area (Å²) in [6.07, 6.45) is 44.7. The average Bonchev–Trinajstić information content (AvgIpc) is 3.15. The maximum Gasteiger partial charge on any atom is 0.362 e. The summed E-state index contributed by atoms with van der Waals surface area (Å²) in [5.74, 6) is -1.51. The number of rotatable bonds is 41. The number of esters is 2. The van der Waals surface area contributed by atoms with E-state index in [2.05, 4.69) is 50.3 Å². The van der Waals surface area contributed by atoms with Gasteiger partial charge in [-0.25, -0.2) is 4.79 Å². The molecule has 8 heteroatoms. The van der Waals surface area contributed by atoms with Gasteiger partial charge in [0.25, 0.3) is 0 Å². The highest BCUT2D eigenvalue weighted by atomic mass is 16.6. The van der Waals surface area contributed by atoms with Crippen LogP contribution >= 0.6 is 0 Å². The summed E-state index contributed by atoms with van der Waals surface area (Å²) in [6.45, 7) is 4.70. The molecule has 0 aliphatic heterocycles. The van der Waals surface area contributed by atoms with Gasteiger partial charge in [-0.3, -0.25) is 9.59 Å². The summed E-state index contributed by atoms with van der Waals surface area (Å²) in [6, 6.07) is -0.620. The van der Waals surface area contributed by atoms with Crippen LogP contribution in [0.1, 0.15) is 200 Å². The van der Waals surface area contributed by atoms with Gasteiger partial charge in [0.1, 0.15) is 6.61 Å². The first-order valence-electron chi connectivity index (χ1n) is 23.0. The third-order valence-corrected chi connectivity index (χ3v) is 10.3. The first-order chi connectivity index (χ1) is 27.1. The topological polar surface area (TPSA) is 99.1 Å². The Morgan fingerprint density at radius 2 is 0.946 bits per heavy atom. The monoisotopic (exact) mass is 791 g/mol. The molecule has 1 N–H and O–H groups in total. The van der Waals surface area contributed by atoms with Crippen molar-refractivity contribution < 1.29 is 38.2 Å². The molecule has 0 aliphatic carbocycles. The van der Waals surface area contributed by atoms with Crippen molar-refractivity contribution in [2.45, 2.75) is 212 Å². The average molecular weight is 791 g/mol. The van der Waals surface area contributed by atoms with Gasteiger partial charge in [0.2, 0.25) is 0 Å². The molecule has 0 aromatic rings. The number of quaternary nitrogens is 1. The molecule has 8 nitrogen and oxygen atoms in total. The lowest BCUT2D eigenvalue weighted by Gasteiger charge is -2.31. The van der Waals surface area contributed by atoms with Crippen molar-refractivity contribution in [2.75, 3.05) is 41.0 Å². The first-order valence-corrected chi connectivity index (χ1v) is 23.0. The molecular formula is C48H88NO7+. The normalized spacial score (nSPS) is 13.2. The number of hydrogen-bond donors (Lipinski definition) is 1. The standard InChI is InChI=1S/C48H87NO7/c1-6-8-10-12-14-16-18-20-22-24-26-28-30-32-34-36-38-46(50)55-43-44(42-54-41-40-45(48(52)53)49(3,4)5)56-47(51)39-37-35-33-31-29-27-25-23-21-19-17-15-13-11-9-7-2/h22-25,27,29,44-45H,6-21,26,28,30-43H2,1-5H3/p+1/b24-22+,25-23+,29-27+. The predicted octanol–water partition coefficient (Wildman–Crippen LogP) is 12.6. The number of likely N-dealkylation sites (N-methyl/N-ethyl adjacent to an activating group) is 1. The Kier molecular flexibility index (Phi) is 37.7. The molecule has 0 rings (SSSR count). The molecule has 0 amide bonds. The summed E-state index contributed by atoms with van der Waals surface area (Å²) >= 11 is 0. The van der Waals surface area contributed by atoms with E-state index in [0.717, 1.165) is 64.2 Å². The van der Waals surface area contributed by atoms with Gasteiger partial charge in [0.05, 0.1) is 34.4 Å². The molecule has 0 heterocycles. The van der Waals surface area contributed by atoms with Crippen LogP contribution in [0.4, 0.5) is 0 Å². The summed E-state index contributed by atoms with van der Waals surface area (Å²) < 4.78 is 17.3. The molecule has 0 spiro atoms. The second-order valence-corrected chi connectivity index (χ2v) is 16.7. The Bertz CT molecular complexity index is 1020. The largest absolute Gasteiger partial charge is 0.477 e. The van der Waals surface area contributed by atoms with Crippen LogP contribution in [0.2, 0.25) is 0 Å². The van der Waals surface area contributed by atoms with Crippen molar-refractivity contribution in [1.82, 2.24) is 0 Å². The Morgan fingerprint density at radius 3 is 1.41 bits per heavy atom. The predicted molar refractivity (Wildman–Crippen MR) is 234 cm³/mol. The molecule has 0 bridgehead atoms. The van der Waals surface area contributed by atoms with Crippen LogP contribution in [-0.2, 0) is 28.6 Å². The molecule has 56 heavy (non-hydrogen) atoms. The minimum absolute atomic E-state index is 0.0489. The SMILES string of the molecule is CCCCCCCCC/C=C/C=C/CCCCCC(=O)OC(COCCC(C(=O)O)[N+](C)(C)C)COC(=O)CCCCCCC/C=C/CCCCCCCCC. The first kappa shape index (κ1) is 53.6. The molecule has 0 aromatic carbocycles. The summed E-state index contributed by atoms with van der Waals surface area (Å²) in [4.78, 5) is 37.0. The van der Waals surface area contributed by atoms with Crippen molar-refractivity contribution in [3.8, 4) is 0 Å². The number of carboxylic acids is 1. The molecule has 0 saturated carbocycles. The number of ether oxygens (including phenoxy) is 3. The van der Waals surface area contributed by atoms with Crippen molar-refractivity contribution in [1.29, 1.82) is 0 Å². The highest BCUT2D eigenvalue weighted by Gasteiger charge is 2.31. The number of aliphatic carboxylic acids is 1. The van der Waals surface area contributed by atoms with E-state index in [1.807, 2.05) is 21.1 Å². The lowest BCUT2D eigenvalue weighted by molar-refractivity contribution is -0.887. The second-order valence-electron chi connectivity index (χ2n) is 16.7. The summed E-state index contributed by atoms with van der Waals surface area (Å²) in [5.41, 5.74) is 0. The Morgan fingerprint density at radius 1 is 0.536 bits per heavy atom. The van der Waals surface area contributed by atoms with E-state index < -0.39 is 18.1 Å². The van der Waals surface area contributed by atoms with Crippen molar-refractivity contribution >= 4 is 17.9 Å². The van der Waals surface area contributed by atoms with E-state index in [-0.39, 0.29) is 36.2 Å². The van der Waals surface area contributed by atoms with Crippen molar-refractivity contribution in [3.63, 3.8) is 0 Å². The Hall–Kier alpha value is -2.45. The molecule has 0 fully saturated rings. The van der Waals surface area contributed by atoms with Crippen LogP contribution in [0, 0.1) is 0 Å². The van der Waals surface area contributed by atoms with Gasteiger partial charge in [0, 0.05) is 19.3 Å². The second kappa shape index (κ2) is 39.4. The summed E-state index contributed by atoms with van der Waals surface area (Å²) in [7, 11) is 5.52. The van der Waals surface area contributed by atoms with Crippen molar-refractivity contribution in [2.24, 2.45) is 0 Å². The third-order valence-electron chi connectivity index (χ3n) is 10.3. The molecule has 0 radical (unpaired) electrons. The van der Waals surface area contributed by atoms with Gasteiger partial charge in [-0.15, -0.1) is 0 Å². The number of unbranched alkanes of at least 4 members (excludes halogenated alkanes) is 22. The lowest BCUT2D eigenvalue weighted by atomic mass is 10.1. The number of hydrogen-bond acceptors (Lipinski definition) is 6. The zero-order valence-electron chi connectivity index (χ0n) is 37.1. The van der Waals surface area contributed by atoms with E-state index >= 15 is 0 Å². The highest BCUT2D eigenvalue weighted by molar-refractivity contribution is 5.72. The minimum Gasteiger partial charge on any atom is -0.477 e. The van der Waals surface area contributed by atoms with Crippen LogP contribution < -0.4 is 0 Å². The number of carboxylic acid groups (broad SMARTS) is 1. The highest BCUT2D eigenvalue weighted by Crippen LogP contribution is 2.14. The van der Waals surface area contributed by atoms with E-state index in [1.165, 1.54) is 103 Å². The van der Waals surface area contributed by atoms with Gasteiger partial charge < -0.3 is 23.8 Å². The Labute approximate surface area is 344 Å². The van der Waals surface area contributed by atoms with Gasteiger partial charge in [-0.1, -0.05) is 153 Å². The number of allylic oxidation sites excluding steroid dienone is 6. The number of nitrogens with zero attached hydrogens (tertiary/aromatic N) is 1. The molecule has 2 atom stereocenters. The third kappa shape index (κ3) is 37.1. The number of carbonyl (C=O) groups excluding carboxylic acids is 2.